The molecule has 0 amide bonds. The van der Waals surface area contributed by atoms with Crippen LogP contribution in [0.25, 0.3) is 66.8 Å². The molecule has 274 valence electrons. The zero-order valence-corrected chi connectivity index (χ0v) is 32.1. The summed E-state index contributed by atoms with van der Waals surface area (Å²) >= 11 is 0. The molecule has 0 spiro atoms. The minimum atomic E-state index is -0.156. The molecule has 0 saturated carbocycles. The number of nitrogens with one attached hydrogen (secondary N) is 2. The van der Waals surface area contributed by atoms with E-state index in [2.05, 4.69) is 236 Å². The number of anilines is 3. The summed E-state index contributed by atoms with van der Waals surface area (Å²) in [6.45, 7) is 2.26. The molecule has 0 heterocycles. The van der Waals surface area contributed by atoms with Crippen molar-refractivity contribution in [3.05, 3.63) is 224 Å². The van der Waals surface area contributed by atoms with E-state index in [4.69, 9.17) is 0 Å². The molecular weight excluding hydrogens is 689 g/mol. The standard InChI is InChI=1S/C55H44N2/c1-55(35-12-5-13-36-55)57-54-34-32-48(38-51(54)45-17-8-3-9-18-45)47-31-33-53(56-50-21-10-4-11-22-50)52(39-47)49-20-14-19-46(37-49)44-29-27-43(28-30-44)42-25-23-41(24-26-42)40-15-6-2-7-16-40/h2-35,37-39,56-57H,36H2,1H3. The van der Waals surface area contributed by atoms with E-state index < -0.39 is 0 Å². The highest BCUT2D eigenvalue weighted by atomic mass is 15.0. The van der Waals surface area contributed by atoms with E-state index in [0.717, 1.165) is 40.2 Å². The lowest BCUT2D eigenvalue weighted by atomic mass is 9.90. The van der Waals surface area contributed by atoms with Crippen LogP contribution in [0.3, 0.4) is 0 Å². The number of hydrogen-bond donors (Lipinski definition) is 2. The minimum absolute atomic E-state index is 0.156. The Labute approximate surface area is 336 Å². The van der Waals surface area contributed by atoms with Crippen LogP contribution in [-0.4, -0.2) is 5.54 Å². The second kappa shape index (κ2) is 15.9. The van der Waals surface area contributed by atoms with Crippen LogP contribution in [0.4, 0.5) is 17.1 Å². The Morgan fingerprint density at radius 3 is 1.39 bits per heavy atom. The highest BCUT2D eigenvalue weighted by Crippen LogP contribution is 2.40. The number of benzene rings is 8. The first kappa shape index (κ1) is 35.5. The van der Waals surface area contributed by atoms with Crippen LogP contribution >= 0.6 is 0 Å². The third-order valence-electron chi connectivity index (χ3n) is 10.9. The molecule has 0 radical (unpaired) electrons. The second-order valence-corrected chi connectivity index (χ2v) is 15.0. The van der Waals surface area contributed by atoms with Crippen molar-refractivity contribution in [1.29, 1.82) is 0 Å². The molecule has 0 fully saturated rings. The fourth-order valence-electron chi connectivity index (χ4n) is 7.77. The highest BCUT2D eigenvalue weighted by Gasteiger charge is 2.22. The fraction of sp³-hybridized carbons (Fsp3) is 0.0545. The molecule has 8 aromatic rings. The average Bonchev–Trinajstić information content (AvgIpc) is 3.28. The van der Waals surface area contributed by atoms with Crippen molar-refractivity contribution in [3.8, 4) is 66.8 Å². The lowest BCUT2D eigenvalue weighted by Crippen LogP contribution is -2.32. The molecule has 2 heteroatoms. The Balaban J connectivity index is 1.06. The van der Waals surface area contributed by atoms with Gasteiger partial charge in [-0.05, 0) is 111 Å². The van der Waals surface area contributed by atoms with Gasteiger partial charge in [0, 0.05) is 28.2 Å². The van der Waals surface area contributed by atoms with Gasteiger partial charge < -0.3 is 10.6 Å². The number of allylic oxidation sites excluding steroid dienone is 2. The second-order valence-electron chi connectivity index (χ2n) is 15.0. The van der Waals surface area contributed by atoms with Gasteiger partial charge in [-0.25, -0.2) is 0 Å². The maximum absolute atomic E-state index is 3.87. The predicted octanol–water partition coefficient (Wildman–Crippen LogP) is 15.1. The molecule has 1 aliphatic rings. The quantitative estimate of drug-likeness (QED) is 0.146. The smallest absolute Gasteiger partial charge is 0.0565 e. The largest absolute Gasteiger partial charge is 0.376 e. The molecule has 0 aliphatic heterocycles. The molecule has 0 saturated heterocycles. The van der Waals surface area contributed by atoms with Crippen LogP contribution < -0.4 is 10.6 Å². The monoisotopic (exact) mass is 732 g/mol. The lowest BCUT2D eigenvalue weighted by Gasteiger charge is -2.30. The molecule has 1 aliphatic carbocycles. The maximum atomic E-state index is 3.87. The van der Waals surface area contributed by atoms with E-state index in [-0.39, 0.29) is 5.54 Å². The SMILES string of the molecule is CC1(Nc2ccc(-c3ccc(Nc4ccccc4)c(-c4cccc(-c5ccc(-c6ccc(-c7ccccc7)cc6)cc5)c4)c3)cc2-c2ccccc2)C=CC=CC1. The molecule has 1 unspecified atom stereocenters. The van der Waals surface area contributed by atoms with Gasteiger partial charge in [-0.15, -0.1) is 0 Å². The van der Waals surface area contributed by atoms with Gasteiger partial charge in [0.2, 0.25) is 0 Å². The van der Waals surface area contributed by atoms with Gasteiger partial charge in [-0.2, -0.15) is 0 Å². The van der Waals surface area contributed by atoms with Crippen molar-refractivity contribution in [3.63, 3.8) is 0 Å². The lowest BCUT2D eigenvalue weighted by molar-refractivity contribution is 0.641. The Morgan fingerprint density at radius 2 is 0.807 bits per heavy atom. The van der Waals surface area contributed by atoms with Crippen molar-refractivity contribution >= 4 is 17.1 Å². The molecule has 0 bridgehead atoms. The molecule has 0 aromatic heterocycles. The van der Waals surface area contributed by atoms with E-state index in [9.17, 15) is 0 Å². The average molecular weight is 733 g/mol. The maximum Gasteiger partial charge on any atom is 0.0565 e. The van der Waals surface area contributed by atoms with Gasteiger partial charge in [-0.1, -0.05) is 182 Å². The Morgan fingerprint density at radius 1 is 0.368 bits per heavy atom. The molecule has 57 heavy (non-hydrogen) atoms. The van der Waals surface area contributed by atoms with E-state index in [1.165, 1.54) is 50.1 Å². The van der Waals surface area contributed by atoms with Gasteiger partial charge in [0.15, 0.2) is 0 Å². The van der Waals surface area contributed by atoms with Crippen LogP contribution in [0.1, 0.15) is 13.3 Å². The predicted molar refractivity (Wildman–Crippen MR) is 244 cm³/mol. The van der Waals surface area contributed by atoms with Crippen LogP contribution in [-0.2, 0) is 0 Å². The summed E-state index contributed by atoms with van der Waals surface area (Å²) in [5, 5.41) is 7.59. The van der Waals surface area contributed by atoms with Crippen molar-refractivity contribution in [2.45, 2.75) is 18.9 Å². The van der Waals surface area contributed by atoms with Gasteiger partial charge in [0.25, 0.3) is 0 Å². The van der Waals surface area contributed by atoms with E-state index in [1.54, 1.807) is 0 Å². The van der Waals surface area contributed by atoms with Gasteiger partial charge in [0.05, 0.1) is 5.54 Å². The summed E-state index contributed by atoms with van der Waals surface area (Å²) in [7, 11) is 0. The zero-order chi connectivity index (χ0) is 38.4. The first-order valence-corrected chi connectivity index (χ1v) is 19.7. The van der Waals surface area contributed by atoms with Crippen molar-refractivity contribution in [2.75, 3.05) is 10.6 Å². The Bertz CT molecular complexity index is 2680. The van der Waals surface area contributed by atoms with E-state index in [1.807, 2.05) is 6.07 Å². The number of hydrogen-bond acceptors (Lipinski definition) is 2. The Kier molecular flexibility index (Phi) is 9.91. The first-order valence-electron chi connectivity index (χ1n) is 19.7. The third-order valence-corrected chi connectivity index (χ3v) is 10.9. The molecule has 8 aromatic carbocycles. The number of rotatable bonds is 10. The summed E-state index contributed by atoms with van der Waals surface area (Å²) in [5.74, 6) is 0. The van der Waals surface area contributed by atoms with Crippen molar-refractivity contribution < 1.29 is 0 Å². The fourth-order valence-corrected chi connectivity index (χ4v) is 7.77. The van der Waals surface area contributed by atoms with Gasteiger partial charge in [0.1, 0.15) is 0 Å². The summed E-state index contributed by atoms with van der Waals surface area (Å²) in [6.07, 6.45) is 9.68. The minimum Gasteiger partial charge on any atom is -0.376 e. The normalized spacial score (nSPS) is 14.6. The topological polar surface area (TPSA) is 24.1 Å². The highest BCUT2D eigenvalue weighted by molar-refractivity contribution is 5.89. The summed E-state index contributed by atoms with van der Waals surface area (Å²) in [4.78, 5) is 0. The number of para-hydroxylation sites is 1. The molecule has 2 nitrogen and oxygen atoms in total. The van der Waals surface area contributed by atoms with Gasteiger partial charge >= 0.3 is 0 Å². The third kappa shape index (κ3) is 7.99. The molecular formula is C55H44N2. The summed E-state index contributed by atoms with van der Waals surface area (Å²) in [5.41, 5.74) is 17.3. The molecule has 2 N–H and O–H groups in total. The Hall–Kier alpha value is -7.16. The van der Waals surface area contributed by atoms with Crippen LogP contribution in [0.15, 0.2) is 224 Å². The molecule has 9 rings (SSSR count). The van der Waals surface area contributed by atoms with Gasteiger partial charge in [-0.3, -0.25) is 0 Å². The first-order chi connectivity index (χ1) is 28.1. The summed E-state index contributed by atoms with van der Waals surface area (Å²) in [6, 6.07) is 71.9. The van der Waals surface area contributed by atoms with Crippen molar-refractivity contribution in [1.82, 2.24) is 0 Å². The van der Waals surface area contributed by atoms with E-state index in [0.29, 0.717) is 0 Å². The van der Waals surface area contributed by atoms with E-state index >= 15 is 0 Å². The van der Waals surface area contributed by atoms with Crippen LogP contribution in [0, 0.1) is 0 Å². The van der Waals surface area contributed by atoms with Crippen molar-refractivity contribution in [2.24, 2.45) is 0 Å². The summed E-state index contributed by atoms with van der Waals surface area (Å²) < 4.78 is 0. The zero-order valence-electron chi connectivity index (χ0n) is 32.1. The van der Waals surface area contributed by atoms with Crippen LogP contribution in [0.2, 0.25) is 0 Å². The van der Waals surface area contributed by atoms with Crippen LogP contribution in [0.5, 0.6) is 0 Å². The molecule has 1 atom stereocenters.